The third-order valence-electron chi connectivity index (χ3n) is 4.19. The van der Waals surface area contributed by atoms with Crippen LogP contribution in [-0.4, -0.2) is 37.3 Å². The number of benzene rings is 1. The first-order valence-electron chi connectivity index (χ1n) is 8.10. The minimum atomic E-state index is -3.49. The molecule has 1 amide bonds. The molecule has 0 atom stereocenters. The molecule has 0 aliphatic rings. The van der Waals surface area contributed by atoms with E-state index in [0.29, 0.717) is 21.3 Å². The largest absolute Gasteiger partial charge is 0.347 e. The third-order valence-corrected chi connectivity index (χ3v) is 7.56. The maximum atomic E-state index is 12.6. The Labute approximate surface area is 160 Å². The molecular weight excluding hydrogens is 386 g/mol. The van der Waals surface area contributed by atoms with E-state index in [-0.39, 0.29) is 22.2 Å². The van der Waals surface area contributed by atoms with Gasteiger partial charge in [-0.15, -0.1) is 11.3 Å². The van der Waals surface area contributed by atoms with Gasteiger partial charge in [0, 0.05) is 37.5 Å². The van der Waals surface area contributed by atoms with Crippen LogP contribution >= 0.6 is 11.3 Å². The average Bonchev–Trinajstić information content (AvgIpc) is 3.12. The van der Waals surface area contributed by atoms with E-state index in [9.17, 15) is 18.0 Å². The number of aryl methyl sites for hydroxylation is 1. The van der Waals surface area contributed by atoms with E-state index >= 15 is 0 Å². The topological polar surface area (TPSA) is 88.5 Å². The Kier molecular flexibility index (Phi) is 5.18. The number of rotatable bonds is 5. The van der Waals surface area contributed by atoms with Crippen LogP contribution < -0.4 is 10.9 Å². The second-order valence-electron chi connectivity index (χ2n) is 6.16. The Morgan fingerprint density at radius 2 is 1.89 bits per heavy atom. The molecular formula is C18H19N3O4S2. The monoisotopic (exact) mass is 405 g/mol. The molecule has 7 nitrogen and oxygen atoms in total. The normalized spacial score (nSPS) is 11.9. The summed E-state index contributed by atoms with van der Waals surface area (Å²) in [7, 11) is 1.11. The second-order valence-corrected chi connectivity index (χ2v) is 9.71. The molecule has 0 spiro atoms. The summed E-state index contributed by atoms with van der Waals surface area (Å²) in [6.45, 7) is 0.177. The van der Waals surface area contributed by atoms with Crippen molar-refractivity contribution in [1.29, 1.82) is 0 Å². The number of fused-ring (bicyclic) bond motifs is 1. The molecule has 0 aliphatic heterocycles. The smallest absolute Gasteiger partial charge is 0.252 e. The van der Waals surface area contributed by atoms with E-state index in [1.807, 2.05) is 6.07 Å². The van der Waals surface area contributed by atoms with E-state index < -0.39 is 10.0 Å². The molecule has 0 unspecified atom stereocenters. The van der Waals surface area contributed by atoms with Crippen LogP contribution in [-0.2, 0) is 23.6 Å². The first-order chi connectivity index (χ1) is 12.7. The van der Waals surface area contributed by atoms with E-state index in [2.05, 4.69) is 5.32 Å². The number of nitrogens with one attached hydrogen (secondary N) is 1. The van der Waals surface area contributed by atoms with Crippen LogP contribution in [0.1, 0.15) is 15.2 Å². The molecule has 142 valence electrons. The molecule has 0 aliphatic carbocycles. The van der Waals surface area contributed by atoms with Gasteiger partial charge in [-0.1, -0.05) is 18.2 Å². The molecule has 3 aromatic rings. The van der Waals surface area contributed by atoms with Crippen LogP contribution in [0.4, 0.5) is 0 Å². The average molecular weight is 406 g/mol. The Bertz CT molecular complexity index is 1180. The van der Waals surface area contributed by atoms with Crippen LogP contribution in [0.25, 0.3) is 10.9 Å². The van der Waals surface area contributed by atoms with E-state index in [0.717, 1.165) is 15.6 Å². The van der Waals surface area contributed by atoms with E-state index in [1.165, 1.54) is 30.8 Å². The SMILES string of the molecule is CN(C)S(=O)(=O)c1ccc(CNC(=O)c2cc(=O)n(C)c3ccccc23)s1. The lowest BCUT2D eigenvalue weighted by Crippen LogP contribution is -2.26. The summed E-state index contributed by atoms with van der Waals surface area (Å²) in [5.74, 6) is -0.380. The zero-order chi connectivity index (χ0) is 19.8. The van der Waals surface area contributed by atoms with Gasteiger partial charge in [0.2, 0.25) is 0 Å². The summed E-state index contributed by atoms with van der Waals surface area (Å²) in [4.78, 5) is 25.5. The maximum absolute atomic E-state index is 12.6. The van der Waals surface area contributed by atoms with Gasteiger partial charge in [-0.3, -0.25) is 9.59 Å². The van der Waals surface area contributed by atoms with E-state index in [4.69, 9.17) is 0 Å². The summed E-state index contributed by atoms with van der Waals surface area (Å²) in [6.07, 6.45) is 0. The standard InChI is InChI=1S/C18H19N3O4S2/c1-20(2)27(24,25)17-9-8-12(26-17)11-19-18(23)14-10-16(22)21(3)15-7-5-4-6-13(14)15/h4-10H,11H2,1-3H3,(H,19,23). The zero-order valence-electron chi connectivity index (χ0n) is 15.1. The molecule has 0 radical (unpaired) electrons. The van der Waals surface area contributed by atoms with Crippen molar-refractivity contribution in [1.82, 2.24) is 14.2 Å². The second kappa shape index (κ2) is 7.26. The van der Waals surface area contributed by atoms with Crippen molar-refractivity contribution in [2.24, 2.45) is 7.05 Å². The fourth-order valence-corrected chi connectivity index (χ4v) is 5.10. The van der Waals surface area contributed by atoms with Gasteiger partial charge >= 0.3 is 0 Å². The number of nitrogens with zero attached hydrogens (tertiary/aromatic N) is 2. The van der Waals surface area contributed by atoms with Crippen molar-refractivity contribution in [2.45, 2.75) is 10.8 Å². The van der Waals surface area contributed by atoms with Gasteiger partial charge in [0.05, 0.1) is 17.6 Å². The summed E-state index contributed by atoms with van der Waals surface area (Å²) in [5.41, 5.74) is 0.700. The van der Waals surface area contributed by atoms with Crippen molar-refractivity contribution in [2.75, 3.05) is 14.1 Å². The summed E-state index contributed by atoms with van der Waals surface area (Å²) in [6, 6.07) is 11.7. The molecule has 0 saturated heterocycles. The molecule has 2 heterocycles. The highest BCUT2D eigenvalue weighted by molar-refractivity contribution is 7.91. The molecule has 0 fully saturated rings. The highest BCUT2D eigenvalue weighted by Crippen LogP contribution is 2.24. The molecule has 1 aromatic carbocycles. The van der Waals surface area contributed by atoms with Crippen LogP contribution in [0.5, 0.6) is 0 Å². The number of thiophene rings is 1. The molecule has 1 N–H and O–H groups in total. The van der Waals surface area contributed by atoms with Gasteiger partial charge in [0.1, 0.15) is 4.21 Å². The first-order valence-corrected chi connectivity index (χ1v) is 10.4. The minimum Gasteiger partial charge on any atom is -0.347 e. The number of para-hydroxylation sites is 1. The lowest BCUT2D eigenvalue weighted by atomic mass is 10.1. The molecule has 27 heavy (non-hydrogen) atoms. The number of carbonyl (C=O) groups excluding carboxylic acids is 1. The summed E-state index contributed by atoms with van der Waals surface area (Å²) < 4.78 is 27.1. The number of hydrogen-bond donors (Lipinski definition) is 1. The number of sulfonamides is 1. The number of hydrogen-bond acceptors (Lipinski definition) is 5. The number of carbonyl (C=O) groups is 1. The lowest BCUT2D eigenvalue weighted by molar-refractivity contribution is 0.0952. The van der Waals surface area contributed by atoms with Gasteiger partial charge in [-0.05, 0) is 18.2 Å². The summed E-state index contributed by atoms with van der Waals surface area (Å²) in [5, 5.41) is 3.44. The van der Waals surface area contributed by atoms with Crippen LogP contribution in [0.2, 0.25) is 0 Å². The molecule has 3 rings (SSSR count). The Hall–Kier alpha value is -2.49. The minimum absolute atomic E-state index is 0.177. The zero-order valence-corrected chi connectivity index (χ0v) is 16.7. The predicted molar refractivity (Wildman–Crippen MR) is 106 cm³/mol. The van der Waals surface area contributed by atoms with Crippen molar-refractivity contribution in [3.63, 3.8) is 0 Å². The highest BCUT2D eigenvalue weighted by atomic mass is 32.2. The van der Waals surface area contributed by atoms with E-state index in [1.54, 1.807) is 31.3 Å². The number of pyridine rings is 1. The van der Waals surface area contributed by atoms with Crippen molar-refractivity contribution >= 4 is 38.2 Å². The fourth-order valence-electron chi connectivity index (χ4n) is 2.63. The van der Waals surface area contributed by atoms with Crippen molar-refractivity contribution in [3.05, 3.63) is 63.3 Å². The number of amides is 1. The fraction of sp³-hybridized carbons (Fsp3) is 0.222. The Morgan fingerprint density at radius 1 is 1.19 bits per heavy atom. The quantitative estimate of drug-likeness (QED) is 0.701. The molecule has 2 aromatic heterocycles. The molecule has 0 bridgehead atoms. The van der Waals surface area contributed by atoms with Crippen molar-refractivity contribution in [3.8, 4) is 0 Å². The third kappa shape index (κ3) is 3.66. The Morgan fingerprint density at radius 3 is 2.59 bits per heavy atom. The first kappa shape index (κ1) is 19.3. The van der Waals surface area contributed by atoms with Crippen molar-refractivity contribution < 1.29 is 13.2 Å². The van der Waals surface area contributed by atoms with Gasteiger partial charge in [0.15, 0.2) is 0 Å². The maximum Gasteiger partial charge on any atom is 0.252 e. The van der Waals surface area contributed by atoms with Crippen LogP contribution in [0.3, 0.4) is 0 Å². The van der Waals surface area contributed by atoms with Gasteiger partial charge < -0.3 is 9.88 Å². The highest BCUT2D eigenvalue weighted by Gasteiger charge is 2.20. The lowest BCUT2D eigenvalue weighted by Gasteiger charge is -2.10. The van der Waals surface area contributed by atoms with Gasteiger partial charge in [-0.25, -0.2) is 12.7 Å². The summed E-state index contributed by atoms with van der Waals surface area (Å²) >= 11 is 1.10. The van der Waals surface area contributed by atoms with Gasteiger partial charge in [-0.2, -0.15) is 0 Å². The predicted octanol–water partition coefficient (Wildman–Crippen LogP) is 1.78. The Balaban J connectivity index is 1.84. The van der Waals surface area contributed by atoms with Crippen LogP contribution in [0, 0.1) is 0 Å². The molecule has 9 heteroatoms. The molecule has 0 saturated carbocycles. The van der Waals surface area contributed by atoms with Gasteiger partial charge in [0.25, 0.3) is 21.5 Å². The van der Waals surface area contributed by atoms with Crippen LogP contribution in [0.15, 0.2) is 51.5 Å². The number of aromatic nitrogens is 1.